The average molecular weight is 213 g/mol. The van der Waals surface area contributed by atoms with E-state index in [0.29, 0.717) is 17.7 Å². The summed E-state index contributed by atoms with van der Waals surface area (Å²) in [6, 6.07) is 1.89. The molecule has 0 radical (unpaired) electrons. The topological polar surface area (TPSA) is 34.1 Å². The molecule has 1 unspecified atom stereocenters. The Balaban J connectivity index is 1.88. The summed E-state index contributed by atoms with van der Waals surface area (Å²) in [4.78, 5) is 3.92. The van der Waals surface area contributed by atoms with Crippen molar-refractivity contribution >= 4 is 11.6 Å². The smallest absolute Gasteiger partial charge is 0.0736 e. The van der Waals surface area contributed by atoms with E-state index in [0.717, 1.165) is 25.1 Å². The number of ether oxygens (including phenoxy) is 1. The largest absolute Gasteiger partial charge is 0.372 e. The molecule has 1 aromatic rings. The number of nitrogens with one attached hydrogen (secondary N) is 1. The third-order valence-corrected chi connectivity index (χ3v) is 2.69. The number of hydrogen-bond acceptors (Lipinski definition) is 3. The van der Waals surface area contributed by atoms with Crippen molar-refractivity contribution in [2.24, 2.45) is 0 Å². The van der Waals surface area contributed by atoms with Crippen LogP contribution in [0, 0.1) is 0 Å². The molecule has 14 heavy (non-hydrogen) atoms. The van der Waals surface area contributed by atoms with Crippen LogP contribution in [0.1, 0.15) is 12.0 Å². The van der Waals surface area contributed by atoms with Gasteiger partial charge in [-0.05, 0) is 24.6 Å². The summed E-state index contributed by atoms with van der Waals surface area (Å²) >= 11 is 5.95. The molecule has 1 aliphatic heterocycles. The van der Waals surface area contributed by atoms with Crippen LogP contribution in [0.25, 0.3) is 0 Å². The molecule has 0 aliphatic carbocycles. The van der Waals surface area contributed by atoms with Gasteiger partial charge >= 0.3 is 0 Å². The molecule has 4 heteroatoms. The Morgan fingerprint density at radius 3 is 3.29 bits per heavy atom. The van der Waals surface area contributed by atoms with Crippen molar-refractivity contribution in [3.8, 4) is 0 Å². The first kappa shape index (κ1) is 9.90. The lowest BCUT2D eigenvalue weighted by molar-refractivity contribution is 0.0542. The highest BCUT2D eigenvalue weighted by atomic mass is 35.5. The van der Waals surface area contributed by atoms with Gasteiger partial charge in [0.25, 0.3) is 0 Å². The molecule has 0 bridgehead atoms. The van der Waals surface area contributed by atoms with Gasteiger partial charge in [-0.1, -0.05) is 11.6 Å². The molecule has 76 valence electrons. The molecular weight excluding hydrogens is 200 g/mol. The van der Waals surface area contributed by atoms with E-state index in [9.17, 15) is 0 Å². The molecule has 1 aliphatic rings. The van der Waals surface area contributed by atoms with Gasteiger partial charge < -0.3 is 10.1 Å². The summed E-state index contributed by atoms with van der Waals surface area (Å²) in [5, 5.41) is 3.93. The monoisotopic (exact) mass is 212 g/mol. The molecule has 1 aromatic heterocycles. The molecule has 1 saturated heterocycles. The third-order valence-electron chi connectivity index (χ3n) is 2.35. The van der Waals surface area contributed by atoms with Gasteiger partial charge in [-0.15, -0.1) is 0 Å². The Labute approximate surface area is 88.4 Å². The second-order valence-electron chi connectivity index (χ2n) is 3.39. The SMILES string of the molecule is Clc1cnccc1COC1CCNC1. The lowest BCUT2D eigenvalue weighted by Crippen LogP contribution is -2.16. The minimum atomic E-state index is 0.333. The molecule has 1 fully saturated rings. The van der Waals surface area contributed by atoms with Crippen LogP contribution in [-0.4, -0.2) is 24.2 Å². The van der Waals surface area contributed by atoms with E-state index >= 15 is 0 Å². The first-order chi connectivity index (χ1) is 6.86. The van der Waals surface area contributed by atoms with Gasteiger partial charge in [-0.25, -0.2) is 0 Å². The van der Waals surface area contributed by atoms with Crippen molar-refractivity contribution in [1.29, 1.82) is 0 Å². The van der Waals surface area contributed by atoms with Crippen molar-refractivity contribution in [3.63, 3.8) is 0 Å². The van der Waals surface area contributed by atoms with Crippen molar-refractivity contribution < 1.29 is 4.74 Å². The Hall–Kier alpha value is -0.640. The molecular formula is C10H13ClN2O. The molecule has 1 N–H and O–H groups in total. The normalized spacial score (nSPS) is 21.4. The molecule has 3 nitrogen and oxygen atoms in total. The second kappa shape index (κ2) is 4.73. The quantitative estimate of drug-likeness (QED) is 0.827. The van der Waals surface area contributed by atoms with E-state index < -0.39 is 0 Å². The number of hydrogen-bond donors (Lipinski definition) is 1. The van der Waals surface area contributed by atoms with E-state index in [1.54, 1.807) is 12.4 Å². The fraction of sp³-hybridized carbons (Fsp3) is 0.500. The zero-order valence-electron chi connectivity index (χ0n) is 7.87. The van der Waals surface area contributed by atoms with Crippen LogP contribution in [0.3, 0.4) is 0 Å². The van der Waals surface area contributed by atoms with E-state index in [1.807, 2.05) is 6.07 Å². The van der Waals surface area contributed by atoms with Gasteiger partial charge in [0.1, 0.15) is 0 Å². The maximum atomic E-state index is 5.95. The van der Waals surface area contributed by atoms with E-state index in [-0.39, 0.29) is 0 Å². The predicted molar refractivity (Wildman–Crippen MR) is 55.3 cm³/mol. The molecule has 0 spiro atoms. The molecule has 1 atom stereocenters. The van der Waals surface area contributed by atoms with Gasteiger partial charge in [0.05, 0.1) is 17.7 Å². The van der Waals surface area contributed by atoms with Crippen LogP contribution >= 0.6 is 11.6 Å². The van der Waals surface area contributed by atoms with Gasteiger partial charge in [0.15, 0.2) is 0 Å². The number of pyridine rings is 1. The van der Waals surface area contributed by atoms with Crippen molar-refractivity contribution in [2.45, 2.75) is 19.1 Å². The van der Waals surface area contributed by atoms with E-state index in [4.69, 9.17) is 16.3 Å². The third kappa shape index (κ3) is 2.44. The summed E-state index contributed by atoms with van der Waals surface area (Å²) in [6.45, 7) is 2.57. The number of rotatable bonds is 3. The Kier molecular flexibility index (Phi) is 3.35. The fourth-order valence-electron chi connectivity index (χ4n) is 1.50. The standard InChI is InChI=1S/C10H13ClN2O/c11-10-6-13-3-1-8(10)7-14-9-2-4-12-5-9/h1,3,6,9,12H,2,4-5,7H2. The van der Waals surface area contributed by atoms with Gasteiger partial charge in [-0.3, -0.25) is 4.98 Å². The minimum absolute atomic E-state index is 0.333. The second-order valence-corrected chi connectivity index (χ2v) is 3.80. The van der Waals surface area contributed by atoms with Crippen LogP contribution in [0.5, 0.6) is 0 Å². The van der Waals surface area contributed by atoms with Crippen molar-refractivity contribution in [1.82, 2.24) is 10.3 Å². The van der Waals surface area contributed by atoms with Gasteiger partial charge in [0.2, 0.25) is 0 Å². The molecule has 0 aromatic carbocycles. The van der Waals surface area contributed by atoms with Crippen LogP contribution in [-0.2, 0) is 11.3 Å². The highest BCUT2D eigenvalue weighted by Crippen LogP contribution is 2.16. The highest BCUT2D eigenvalue weighted by Gasteiger charge is 2.14. The Morgan fingerprint density at radius 2 is 2.57 bits per heavy atom. The first-order valence-corrected chi connectivity index (χ1v) is 5.15. The van der Waals surface area contributed by atoms with Crippen LogP contribution in [0.4, 0.5) is 0 Å². The first-order valence-electron chi connectivity index (χ1n) is 4.77. The van der Waals surface area contributed by atoms with E-state index in [1.165, 1.54) is 0 Å². The van der Waals surface area contributed by atoms with Crippen molar-refractivity contribution in [2.75, 3.05) is 13.1 Å². The Morgan fingerprint density at radius 1 is 1.64 bits per heavy atom. The lowest BCUT2D eigenvalue weighted by Gasteiger charge is -2.10. The Bertz CT molecular complexity index is 300. The van der Waals surface area contributed by atoms with Crippen LogP contribution in [0.15, 0.2) is 18.5 Å². The highest BCUT2D eigenvalue weighted by molar-refractivity contribution is 6.31. The average Bonchev–Trinajstić information content (AvgIpc) is 2.69. The molecule has 2 rings (SSSR count). The number of nitrogens with zero attached hydrogens (tertiary/aromatic N) is 1. The summed E-state index contributed by atoms with van der Waals surface area (Å²) in [6.07, 6.45) is 4.80. The van der Waals surface area contributed by atoms with Gasteiger partial charge in [-0.2, -0.15) is 0 Å². The van der Waals surface area contributed by atoms with Crippen molar-refractivity contribution in [3.05, 3.63) is 29.0 Å². The maximum Gasteiger partial charge on any atom is 0.0736 e. The zero-order valence-corrected chi connectivity index (χ0v) is 8.63. The zero-order chi connectivity index (χ0) is 9.80. The molecule has 0 saturated carbocycles. The summed E-state index contributed by atoms with van der Waals surface area (Å²) in [5.41, 5.74) is 1.01. The van der Waals surface area contributed by atoms with E-state index in [2.05, 4.69) is 10.3 Å². The number of halogens is 1. The predicted octanol–water partition coefficient (Wildman–Crippen LogP) is 1.61. The lowest BCUT2D eigenvalue weighted by atomic mass is 10.3. The summed E-state index contributed by atoms with van der Waals surface area (Å²) in [7, 11) is 0. The minimum Gasteiger partial charge on any atom is -0.372 e. The van der Waals surface area contributed by atoms with Crippen LogP contribution in [0.2, 0.25) is 5.02 Å². The summed E-state index contributed by atoms with van der Waals surface area (Å²) < 4.78 is 5.70. The summed E-state index contributed by atoms with van der Waals surface area (Å²) in [5.74, 6) is 0. The van der Waals surface area contributed by atoms with Crippen LogP contribution < -0.4 is 5.32 Å². The van der Waals surface area contributed by atoms with Gasteiger partial charge in [0, 0.05) is 18.9 Å². The molecule has 0 amide bonds. The fourth-order valence-corrected chi connectivity index (χ4v) is 1.67. The maximum absolute atomic E-state index is 5.95. The number of aromatic nitrogens is 1. The molecule has 2 heterocycles.